The second-order valence-corrected chi connectivity index (χ2v) is 6.99. The van der Waals surface area contributed by atoms with Crippen LogP contribution in [-0.4, -0.2) is 29.1 Å². The molecule has 1 aliphatic heterocycles. The van der Waals surface area contributed by atoms with E-state index in [-0.39, 0.29) is 42.1 Å². The Morgan fingerprint density at radius 2 is 1.77 bits per heavy atom. The standard InChI is InChI=1S/C16H20N2O2S.ClH/c1-16(2,3)12-6-4-11(5-7-12)10-13-14(19)18(9-8-17)15(20)21-13;/h4-7,10H,8-9,17H2,1-3H3;1H/b13-10+;. The van der Waals surface area contributed by atoms with E-state index >= 15 is 0 Å². The van der Waals surface area contributed by atoms with Crippen LogP contribution in [0.5, 0.6) is 0 Å². The van der Waals surface area contributed by atoms with Gasteiger partial charge < -0.3 is 5.73 Å². The highest BCUT2D eigenvalue weighted by Gasteiger charge is 2.34. The average Bonchev–Trinajstić information content (AvgIpc) is 2.66. The third-order valence-electron chi connectivity index (χ3n) is 3.30. The van der Waals surface area contributed by atoms with Crippen LogP contribution < -0.4 is 5.73 Å². The van der Waals surface area contributed by atoms with Crippen LogP contribution in [0.1, 0.15) is 31.9 Å². The Labute approximate surface area is 141 Å². The SMILES string of the molecule is CC(C)(C)c1ccc(/C=C2/SC(=O)N(CCN)C2=O)cc1.Cl. The van der Waals surface area contributed by atoms with E-state index in [2.05, 4.69) is 32.9 Å². The van der Waals surface area contributed by atoms with Crippen molar-refractivity contribution in [1.82, 2.24) is 4.90 Å². The maximum atomic E-state index is 12.1. The Morgan fingerprint density at radius 1 is 1.18 bits per heavy atom. The minimum Gasteiger partial charge on any atom is -0.329 e. The number of rotatable bonds is 3. The van der Waals surface area contributed by atoms with Gasteiger partial charge >= 0.3 is 0 Å². The summed E-state index contributed by atoms with van der Waals surface area (Å²) in [5, 5.41) is -0.247. The van der Waals surface area contributed by atoms with Crippen molar-refractivity contribution in [3.8, 4) is 0 Å². The first-order valence-electron chi connectivity index (χ1n) is 6.89. The maximum absolute atomic E-state index is 12.1. The first-order valence-corrected chi connectivity index (χ1v) is 7.70. The van der Waals surface area contributed by atoms with E-state index in [1.807, 2.05) is 12.1 Å². The topological polar surface area (TPSA) is 63.4 Å². The number of amides is 2. The number of carbonyl (C=O) groups is 2. The molecule has 1 heterocycles. The normalized spacial score (nSPS) is 17.1. The van der Waals surface area contributed by atoms with Crippen molar-refractivity contribution in [3.63, 3.8) is 0 Å². The molecule has 1 aromatic carbocycles. The van der Waals surface area contributed by atoms with Crippen molar-refractivity contribution >= 4 is 41.4 Å². The predicted molar refractivity (Wildman–Crippen MR) is 94.1 cm³/mol. The Bertz CT molecular complexity index is 591. The van der Waals surface area contributed by atoms with Crippen molar-refractivity contribution in [1.29, 1.82) is 0 Å². The van der Waals surface area contributed by atoms with Crippen LogP contribution in [0.4, 0.5) is 4.79 Å². The largest absolute Gasteiger partial charge is 0.329 e. The van der Waals surface area contributed by atoms with Crippen LogP contribution in [0, 0.1) is 0 Å². The van der Waals surface area contributed by atoms with Crippen LogP contribution >= 0.6 is 24.2 Å². The van der Waals surface area contributed by atoms with Crippen LogP contribution in [0.3, 0.4) is 0 Å². The van der Waals surface area contributed by atoms with Gasteiger partial charge in [0.2, 0.25) is 0 Å². The van der Waals surface area contributed by atoms with E-state index in [1.54, 1.807) is 6.08 Å². The zero-order valence-electron chi connectivity index (χ0n) is 13.0. The Balaban J connectivity index is 0.00000242. The number of hydrogen-bond acceptors (Lipinski definition) is 4. The summed E-state index contributed by atoms with van der Waals surface area (Å²) in [7, 11) is 0. The molecule has 2 amide bonds. The van der Waals surface area contributed by atoms with E-state index in [0.29, 0.717) is 4.91 Å². The minimum absolute atomic E-state index is 0. The lowest BCUT2D eigenvalue weighted by molar-refractivity contribution is -0.122. The monoisotopic (exact) mass is 340 g/mol. The smallest absolute Gasteiger partial charge is 0.293 e. The van der Waals surface area contributed by atoms with E-state index < -0.39 is 0 Å². The molecule has 1 saturated heterocycles. The lowest BCUT2D eigenvalue weighted by Gasteiger charge is -2.18. The molecule has 1 aromatic rings. The van der Waals surface area contributed by atoms with Crippen molar-refractivity contribution in [3.05, 3.63) is 40.3 Å². The summed E-state index contributed by atoms with van der Waals surface area (Å²) < 4.78 is 0. The summed E-state index contributed by atoms with van der Waals surface area (Å²) in [5.74, 6) is -0.254. The van der Waals surface area contributed by atoms with E-state index in [0.717, 1.165) is 17.3 Å². The third-order valence-corrected chi connectivity index (χ3v) is 4.21. The van der Waals surface area contributed by atoms with Crippen LogP contribution in [0.15, 0.2) is 29.2 Å². The lowest BCUT2D eigenvalue weighted by atomic mass is 9.87. The predicted octanol–water partition coefficient (Wildman–Crippen LogP) is 3.40. The number of benzene rings is 1. The van der Waals surface area contributed by atoms with Gasteiger partial charge in [0, 0.05) is 13.1 Å². The number of nitrogens with zero attached hydrogens (tertiary/aromatic N) is 1. The third kappa shape index (κ3) is 4.12. The lowest BCUT2D eigenvalue weighted by Crippen LogP contribution is -2.33. The van der Waals surface area contributed by atoms with Gasteiger partial charge in [-0.15, -0.1) is 12.4 Å². The number of halogens is 1. The molecule has 120 valence electrons. The Hall–Kier alpha value is -1.30. The van der Waals surface area contributed by atoms with E-state index in [9.17, 15) is 9.59 Å². The summed E-state index contributed by atoms with van der Waals surface area (Å²) in [6, 6.07) is 8.04. The highest BCUT2D eigenvalue weighted by atomic mass is 35.5. The second-order valence-electron chi connectivity index (χ2n) is 5.99. The van der Waals surface area contributed by atoms with Crippen LogP contribution in [0.2, 0.25) is 0 Å². The molecule has 1 aliphatic rings. The number of carbonyl (C=O) groups excluding carboxylic acids is 2. The molecule has 2 rings (SSSR count). The second kappa shape index (κ2) is 7.31. The molecule has 2 N–H and O–H groups in total. The fourth-order valence-electron chi connectivity index (χ4n) is 2.05. The summed E-state index contributed by atoms with van der Waals surface area (Å²) >= 11 is 0.969. The molecule has 22 heavy (non-hydrogen) atoms. The first kappa shape index (κ1) is 18.7. The Morgan fingerprint density at radius 3 is 2.27 bits per heavy atom. The van der Waals surface area contributed by atoms with Gasteiger partial charge in [-0.3, -0.25) is 14.5 Å². The van der Waals surface area contributed by atoms with Gasteiger partial charge in [0.05, 0.1) is 4.91 Å². The number of imide groups is 1. The Kier molecular flexibility index (Phi) is 6.23. The number of nitrogens with two attached hydrogens (primary N) is 1. The van der Waals surface area contributed by atoms with Gasteiger partial charge in [-0.05, 0) is 34.4 Å². The minimum atomic E-state index is -0.254. The van der Waals surface area contributed by atoms with Crippen LogP contribution in [0.25, 0.3) is 6.08 Å². The van der Waals surface area contributed by atoms with Gasteiger partial charge in [0.25, 0.3) is 11.1 Å². The van der Waals surface area contributed by atoms with Gasteiger partial charge in [-0.1, -0.05) is 45.0 Å². The van der Waals surface area contributed by atoms with Gasteiger partial charge in [0.15, 0.2) is 0 Å². The summed E-state index contributed by atoms with van der Waals surface area (Å²) in [5.41, 5.74) is 7.66. The molecule has 4 nitrogen and oxygen atoms in total. The molecule has 0 spiro atoms. The van der Waals surface area contributed by atoms with Gasteiger partial charge in [-0.25, -0.2) is 0 Å². The highest BCUT2D eigenvalue weighted by Crippen LogP contribution is 2.32. The molecule has 0 atom stereocenters. The molecule has 0 aliphatic carbocycles. The summed E-state index contributed by atoms with van der Waals surface area (Å²) in [6.45, 7) is 7.01. The molecule has 0 aromatic heterocycles. The molecule has 1 fully saturated rings. The number of hydrogen-bond donors (Lipinski definition) is 1. The molecule has 0 radical (unpaired) electrons. The zero-order valence-corrected chi connectivity index (χ0v) is 14.6. The molecule has 0 saturated carbocycles. The van der Waals surface area contributed by atoms with Crippen molar-refractivity contribution in [2.24, 2.45) is 5.73 Å². The molecule has 0 bridgehead atoms. The van der Waals surface area contributed by atoms with Crippen molar-refractivity contribution in [2.45, 2.75) is 26.2 Å². The maximum Gasteiger partial charge on any atom is 0.293 e. The van der Waals surface area contributed by atoms with Gasteiger partial charge in [0.1, 0.15) is 0 Å². The van der Waals surface area contributed by atoms with Gasteiger partial charge in [-0.2, -0.15) is 0 Å². The summed E-state index contributed by atoms with van der Waals surface area (Å²) in [6.07, 6.45) is 1.76. The quantitative estimate of drug-likeness (QED) is 0.856. The molecule has 6 heteroatoms. The zero-order chi connectivity index (χ0) is 15.6. The average molecular weight is 341 g/mol. The fourth-order valence-corrected chi connectivity index (χ4v) is 2.92. The van der Waals surface area contributed by atoms with Crippen molar-refractivity contribution in [2.75, 3.05) is 13.1 Å². The molecule has 0 unspecified atom stereocenters. The van der Waals surface area contributed by atoms with Crippen molar-refractivity contribution < 1.29 is 9.59 Å². The highest BCUT2D eigenvalue weighted by molar-refractivity contribution is 8.18. The molecular weight excluding hydrogens is 320 g/mol. The van der Waals surface area contributed by atoms with E-state index in [1.165, 1.54) is 10.5 Å². The first-order chi connectivity index (χ1) is 9.82. The van der Waals surface area contributed by atoms with E-state index in [4.69, 9.17) is 5.73 Å². The molecular formula is C16H21ClN2O2S. The number of thioether (sulfide) groups is 1. The fraction of sp³-hybridized carbons (Fsp3) is 0.375. The van der Waals surface area contributed by atoms with Crippen LogP contribution in [-0.2, 0) is 10.2 Å². The summed E-state index contributed by atoms with van der Waals surface area (Å²) in [4.78, 5) is 25.5.